The molecule has 3 aliphatic rings. The van der Waals surface area contributed by atoms with E-state index >= 15 is 0 Å². The van der Waals surface area contributed by atoms with Gasteiger partial charge in [-0.15, -0.1) is 0 Å². The van der Waals surface area contributed by atoms with Gasteiger partial charge in [-0.25, -0.2) is 0 Å². The van der Waals surface area contributed by atoms with Crippen molar-refractivity contribution >= 4 is 5.91 Å². The fourth-order valence-corrected chi connectivity index (χ4v) is 3.49. The molecule has 3 aliphatic heterocycles. The van der Waals surface area contributed by atoms with Crippen molar-refractivity contribution in [2.75, 3.05) is 45.8 Å². The lowest BCUT2D eigenvalue weighted by molar-refractivity contribution is -0.148. The summed E-state index contributed by atoms with van der Waals surface area (Å²) in [6, 6.07) is 0. The molecule has 18 heavy (non-hydrogen) atoms. The molecule has 0 aliphatic carbocycles. The van der Waals surface area contributed by atoms with Crippen LogP contribution in [0.4, 0.5) is 0 Å². The van der Waals surface area contributed by atoms with Crippen LogP contribution in [-0.4, -0.2) is 61.5 Å². The first-order chi connectivity index (χ1) is 8.71. The van der Waals surface area contributed by atoms with E-state index < -0.39 is 0 Å². The fraction of sp³-hybridized carbons (Fsp3) is 0.929. The molecule has 0 unspecified atom stereocenters. The third-order valence-corrected chi connectivity index (χ3v) is 5.05. The Morgan fingerprint density at radius 2 is 1.94 bits per heavy atom. The first-order valence-corrected chi connectivity index (χ1v) is 7.42. The van der Waals surface area contributed by atoms with Gasteiger partial charge in [0.25, 0.3) is 0 Å². The summed E-state index contributed by atoms with van der Waals surface area (Å²) in [6.45, 7) is 9.36. The van der Waals surface area contributed by atoms with Crippen molar-refractivity contribution in [2.45, 2.75) is 26.2 Å². The Balaban J connectivity index is 1.39. The number of carbonyl (C=O) groups excluding carboxylic acids is 1. The number of nitrogens with zero attached hydrogens (tertiary/aromatic N) is 2. The zero-order valence-corrected chi connectivity index (χ0v) is 11.5. The topological polar surface area (TPSA) is 35.6 Å². The monoisotopic (exact) mass is 251 g/mol. The maximum atomic E-state index is 12.1. The van der Waals surface area contributed by atoms with Crippen LogP contribution in [0.1, 0.15) is 26.2 Å². The van der Waals surface area contributed by atoms with E-state index in [0.717, 1.165) is 45.2 Å². The second-order valence-electron chi connectivity index (χ2n) is 6.48. The van der Waals surface area contributed by atoms with Crippen molar-refractivity contribution in [3.8, 4) is 0 Å². The summed E-state index contributed by atoms with van der Waals surface area (Å²) in [6.07, 6.45) is 3.85. The smallest absolute Gasteiger partial charge is 0.236 e. The van der Waals surface area contributed by atoms with Crippen LogP contribution in [0.2, 0.25) is 0 Å². The zero-order chi connectivity index (χ0) is 12.6. The van der Waals surface area contributed by atoms with E-state index in [2.05, 4.69) is 17.1 Å². The molecule has 1 amide bonds. The predicted octanol–water partition coefficient (Wildman–Crippen LogP) is 0.540. The lowest BCUT2D eigenvalue weighted by Crippen LogP contribution is -2.72. The normalized spacial score (nSPS) is 27.9. The zero-order valence-electron chi connectivity index (χ0n) is 11.5. The van der Waals surface area contributed by atoms with E-state index in [9.17, 15) is 4.79 Å². The quantitative estimate of drug-likeness (QED) is 0.795. The van der Waals surface area contributed by atoms with Gasteiger partial charge < -0.3 is 10.2 Å². The molecule has 0 aromatic carbocycles. The van der Waals surface area contributed by atoms with Crippen molar-refractivity contribution in [3.63, 3.8) is 0 Å². The van der Waals surface area contributed by atoms with Gasteiger partial charge in [0.15, 0.2) is 0 Å². The summed E-state index contributed by atoms with van der Waals surface area (Å²) < 4.78 is 0. The van der Waals surface area contributed by atoms with Gasteiger partial charge in [-0.2, -0.15) is 0 Å². The van der Waals surface area contributed by atoms with Gasteiger partial charge in [0.05, 0.1) is 6.54 Å². The Hall–Kier alpha value is -0.610. The van der Waals surface area contributed by atoms with Gasteiger partial charge in [0.1, 0.15) is 0 Å². The first-order valence-electron chi connectivity index (χ1n) is 7.42. The number of hydrogen-bond donors (Lipinski definition) is 1. The van der Waals surface area contributed by atoms with E-state index in [4.69, 9.17) is 0 Å². The van der Waals surface area contributed by atoms with Gasteiger partial charge in [0, 0.05) is 31.6 Å². The summed E-state index contributed by atoms with van der Waals surface area (Å²) in [5.74, 6) is 1.24. The van der Waals surface area contributed by atoms with Crippen LogP contribution in [-0.2, 0) is 4.79 Å². The van der Waals surface area contributed by atoms with E-state index in [1.807, 2.05) is 4.90 Å². The number of nitrogens with one attached hydrogen (secondary N) is 1. The number of hydrogen-bond acceptors (Lipinski definition) is 3. The molecule has 3 saturated heterocycles. The second kappa shape index (κ2) is 4.82. The summed E-state index contributed by atoms with van der Waals surface area (Å²) in [7, 11) is 0. The fourth-order valence-electron chi connectivity index (χ4n) is 3.49. The van der Waals surface area contributed by atoms with Crippen molar-refractivity contribution in [2.24, 2.45) is 11.3 Å². The number of amides is 1. The van der Waals surface area contributed by atoms with Gasteiger partial charge in [-0.1, -0.05) is 13.3 Å². The van der Waals surface area contributed by atoms with E-state index in [1.165, 1.54) is 19.3 Å². The molecular weight excluding hydrogens is 226 g/mol. The highest BCUT2D eigenvalue weighted by molar-refractivity contribution is 5.79. The van der Waals surface area contributed by atoms with Crippen LogP contribution in [0.15, 0.2) is 0 Å². The van der Waals surface area contributed by atoms with Crippen molar-refractivity contribution in [1.82, 2.24) is 15.1 Å². The molecule has 102 valence electrons. The molecule has 4 heteroatoms. The molecule has 0 bridgehead atoms. The second-order valence-corrected chi connectivity index (χ2v) is 6.48. The Bertz CT molecular complexity index is 311. The minimum atomic E-state index is 0.350. The Morgan fingerprint density at radius 3 is 2.44 bits per heavy atom. The highest BCUT2D eigenvalue weighted by Crippen LogP contribution is 2.34. The third-order valence-electron chi connectivity index (χ3n) is 5.05. The van der Waals surface area contributed by atoms with Crippen LogP contribution < -0.4 is 5.32 Å². The van der Waals surface area contributed by atoms with Crippen LogP contribution in [0.5, 0.6) is 0 Å². The SMILES string of the molecule is CCC1CCN(CC(=O)N2CC3(CNC3)C2)CC1. The average molecular weight is 251 g/mol. The minimum absolute atomic E-state index is 0.350. The average Bonchev–Trinajstić information content (AvgIpc) is 2.26. The number of rotatable bonds is 3. The third kappa shape index (κ3) is 2.28. The summed E-state index contributed by atoms with van der Waals surface area (Å²) in [5, 5.41) is 3.31. The molecule has 3 heterocycles. The maximum Gasteiger partial charge on any atom is 0.236 e. The Morgan fingerprint density at radius 1 is 1.28 bits per heavy atom. The molecule has 0 atom stereocenters. The molecule has 4 nitrogen and oxygen atoms in total. The van der Waals surface area contributed by atoms with Crippen molar-refractivity contribution in [3.05, 3.63) is 0 Å². The molecule has 0 saturated carbocycles. The first kappa shape index (κ1) is 12.4. The number of piperidine rings is 1. The summed E-state index contributed by atoms with van der Waals surface area (Å²) in [4.78, 5) is 16.5. The summed E-state index contributed by atoms with van der Waals surface area (Å²) >= 11 is 0. The standard InChI is InChI=1S/C14H25N3O/c1-2-12-3-5-16(6-4-12)7-13(18)17-10-14(11-17)8-15-9-14/h12,15H,2-11H2,1H3. The molecule has 0 aromatic rings. The molecule has 1 spiro atoms. The van der Waals surface area contributed by atoms with Crippen LogP contribution in [0.25, 0.3) is 0 Å². The minimum Gasteiger partial charge on any atom is -0.340 e. The predicted molar refractivity (Wildman–Crippen MR) is 71.3 cm³/mol. The molecule has 3 rings (SSSR count). The van der Waals surface area contributed by atoms with Crippen LogP contribution in [0, 0.1) is 11.3 Å². The van der Waals surface area contributed by atoms with Crippen LogP contribution in [0.3, 0.4) is 0 Å². The highest BCUT2D eigenvalue weighted by atomic mass is 16.2. The van der Waals surface area contributed by atoms with Crippen LogP contribution >= 0.6 is 0 Å². The Labute approximate surface area is 110 Å². The van der Waals surface area contributed by atoms with Crippen molar-refractivity contribution in [1.29, 1.82) is 0 Å². The molecule has 0 aromatic heterocycles. The van der Waals surface area contributed by atoms with Gasteiger partial charge >= 0.3 is 0 Å². The van der Waals surface area contributed by atoms with Gasteiger partial charge in [-0.05, 0) is 31.8 Å². The maximum absolute atomic E-state index is 12.1. The highest BCUT2D eigenvalue weighted by Gasteiger charge is 2.49. The summed E-state index contributed by atoms with van der Waals surface area (Å²) in [5.41, 5.74) is 0.463. The van der Waals surface area contributed by atoms with Gasteiger partial charge in [-0.3, -0.25) is 9.69 Å². The lowest BCUT2D eigenvalue weighted by Gasteiger charge is -2.56. The molecule has 3 fully saturated rings. The lowest BCUT2D eigenvalue weighted by atomic mass is 9.74. The largest absolute Gasteiger partial charge is 0.340 e. The van der Waals surface area contributed by atoms with Crippen molar-refractivity contribution < 1.29 is 4.79 Å². The molecular formula is C14H25N3O. The Kier molecular flexibility index (Phi) is 3.32. The van der Waals surface area contributed by atoms with E-state index in [-0.39, 0.29) is 0 Å². The molecule has 0 radical (unpaired) electrons. The van der Waals surface area contributed by atoms with E-state index in [1.54, 1.807) is 0 Å². The van der Waals surface area contributed by atoms with E-state index in [0.29, 0.717) is 17.9 Å². The van der Waals surface area contributed by atoms with Gasteiger partial charge in [0.2, 0.25) is 5.91 Å². The molecule has 1 N–H and O–H groups in total. The number of carbonyl (C=O) groups is 1. The number of likely N-dealkylation sites (tertiary alicyclic amines) is 2.